The fraction of sp³-hybridized carbons (Fsp3) is 0.111. The number of anilines is 2. The second kappa shape index (κ2) is 11.8. The fourth-order valence-corrected chi connectivity index (χ4v) is 3.85. The predicted octanol–water partition coefficient (Wildman–Crippen LogP) is 7.85. The van der Waals surface area contributed by atoms with Crippen LogP contribution in [-0.2, 0) is 9.05 Å². The van der Waals surface area contributed by atoms with E-state index in [1.54, 1.807) is 23.5 Å². The van der Waals surface area contributed by atoms with Crippen LogP contribution in [0.1, 0.15) is 13.8 Å². The fourth-order valence-electron chi connectivity index (χ4n) is 2.05. The highest BCUT2D eigenvalue weighted by Gasteiger charge is 2.10. The van der Waals surface area contributed by atoms with Crippen molar-refractivity contribution in [3.63, 3.8) is 0 Å². The van der Waals surface area contributed by atoms with Gasteiger partial charge in [0.05, 0.1) is 0 Å². The molecule has 2 aromatic carbocycles. The number of rotatable bonds is 9. The van der Waals surface area contributed by atoms with Gasteiger partial charge in [0, 0.05) is 11.4 Å². The first kappa shape index (κ1) is 24.8. The highest BCUT2D eigenvalue weighted by atomic mass is 31.1. The zero-order valence-corrected chi connectivity index (χ0v) is 20.3. The lowest BCUT2D eigenvalue weighted by Gasteiger charge is -2.19. The van der Waals surface area contributed by atoms with E-state index in [1.165, 1.54) is 11.4 Å². The third kappa shape index (κ3) is 7.36. The summed E-state index contributed by atoms with van der Waals surface area (Å²) in [6.07, 6.45) is -2.49. The summed E-state index contributed by atoms with van der Waals surface area (Å²) in [5.41, 5.74) is 3.44. The third-order valence-electron chi connectivity index (χ3n) is 3.79. The smallest absolute Gasteiger partial charge is 0.343 e. The second-order valence-electron chi connectivity index (χ2n) is 5.84. The first-order valence-electron chi connectivity index (χ1n) is 8.38. The van der Waals surface area contributed by atoms with Crippen LogP contribution in [0.2, 0.25) is 0 Å². The molecule has 0 saturated carbocycles. The van der Waals surface area contributed by atoms with Gasteiger partial charge in [-0.3, -0.25) is 0 Å². The van der Waals surface area contributed by atoms with Crippen molar-refractivity contribution in [2.24, 2.45) is 0 Å². The lowest BCUT2D eigenvalue weighted by molar-refractivity contribution is 0.262. The molecule has 0 aromatic heterocycles. The molecule has 0 radical (unpaired) electrons. The van der Waals surface area contributed by atoms with Gasteiger partial charge in [0.1, 0.15) is 11.6 Å². The minimum atomic E-state index is -2.49. The van der Waals surface area contributed by atoms with E-state index in [9.17, 15) is 17.6 Å². The van der Waals surface area contributed by atoms with E-state index in [0.717, 1.165) is 16.8 Å². The molecule has 0 N–H and O–H groups in total. The molecule has 0 fully saturated rings. The summed E-state index contributed by atoms with van der Waals surface area (Å²) < 4.78 is 62.9. The SMILES string of the molecule is CC(F)=C(C)OPN(P)c1ccc(-c2ccc(N(P)POC(F)=C(F)F)cc2)cc1. The molecule has 0 aliphatic carbocycles. The number of hydrogen-bond acceptors (Lipinski definition) is 4. The van der Waals surface area contributed by atoms with E-state index in [2.05, 4.69) is 23.3 Å². The van der Waals surface area contributed by atoms with E-state index in [1.807, 2.05) is 36.4 Å². The molecule has 0 aliphatic heterocycles. The van der Waals surface area contributed by atoms with E-state index in [4.69, 9.17) is 4.52 Å². The Morgan fingerprint density at radius 1 is 0.733 bits per heavy atom. The molecule has 162 valence electrons. The summed E-state index contributed by atoms with van der Waals surface area (Å²) in [7, 11) is 4.09. The van der Waals surface area contributed by atoms with Crippen molar-refractivity contribution in [3.8, 4) is 11.1 Å². The Morgan fingerprint density at radius 3 is 1.50 bits per heavy atom. The topological polar surface area (TPSA) is 24.9 Å². The lowest BCUT2D eigenvalue weighted by atomic mass is 10.1. The standard InChI is InChI=1S/C18H20F4N2O2P4/c1-11(19)12(2)25-29-23(27)15-7-3-13(4-8-15)14-5-9-16(10-6-14)24(28)30-26-18(22)17(20)21/h3-10,29-30H,27-28H2,1-2H3. The van der Waals surface area contributed by atoms with Gasteiger partial charge in [0.15, 0.2) is 17.9 Å². The van der Waals surface area contributed by atoms with Crippen LogP contribution in [0.5, 0.6) is 0 Å². The van der Waals surface area contributed by atoms with Crippen molar-refractivity contribution in [1.29, 1.82) is 0 Å². The van der Waals surface area contributed by atoms with Gasteiger partial charge in [-0.2, -0.15) is 13.2 Å². The minimum Gasteiger partial charge on any atom is -0.457 e. The zero-order valence-electron chi connectivity index (χ0n) is 16.0. The molecule has 0 saturated heterocycles. The Hall–Kier alpha value is -1.44. The highest BCUT2D eigenvalue weighted by Crippen LogP contribution is 2.37. The maximum Gasteiger partial charge on any atom is 0.343 e. The molecule has 4 atom stereocenters. The highest BCUT2D eigenvalue weighted by molar-refractivity contribution is 7.48. The van der Waals surface area contributed by atoms with E-state index in [-0.39, 0.29) is 20.5 Å². The maximum absolute atomic E-state index is 13.1. The quantitative estimate of drug-likeness (QED) is 0.201. The van der Waals surface area contributed by atoms with Gasteiger partial charge < -0.3 is 17.9 Å². The monoisotopic (exact) mass is 496 g/mol. The number of benzene rings is 2. The van der Waals surface area contributed by atoms with Gasteiger partial charge in [-0.25, -0.2) is 4.39 Å². The average Bonchev–Trinajstić information content (AvgIpc) is 2.75. The molecule has 0 spiro atoms. The largest absolute Gasteiger partial charge is 0.457 e. The van der Waals surface area contributed by atoms with Crippen LogP contribution in [0.15, 0.2) is 72.2 Å². The Balaban J connectivity index is 2.00. The van der Waals surface area contributed by atoms with Crippen molar-refractivity contribution in [2.45, 2.75) is 13.8 Å². The molecule has 4 nitrogen and oxygen atoms in total. The van der Waals surface area contributed by atoms with Gasteiger partial charge in [0.25, 0.3) is 0 Å². The third-order valence-corrected chi connectivity index (χ3v) is 6.60. The van der Waals surface area contributed by atoms with Gasteiger partial charge >= 0.3 is 12.1 Å². The van der Waals surface area contributed by atoms with Gasteiger partial charge in [-0.05, 0) is 68.0 Å². The van der Waals surface area contributed by atoms with E-state index >= 15 is 0 Å². The van der Waals surface area contributed by atoms with Crippen LogP contribution in [0.3, 0.4) is 0 Å². The van der Waals surface area contributed by atoms with Crippen molar-refractivity contribution in [2.75, 3.05) is 8.88 Å². The minimum absolute atomic E-state index is 0.0862. The molecule has 0 amide bonds. The number of allylic oxidation sites excluding steroid dienone is 2. The molecule has 0 bridgehead atoms. The van der Waals surface area contributed by atoms with Crippen molar-refractivity contribution < 1.29 is 26.6 Å². The maximum atomic E-state index is 13.1. The second-order valence-corrected chi connectivity index (χ2v) is 9.65. The Kier molecular flexibility index (Phi) is 9.78. The summed E-state index contributed by atoms with van der Waals surface area (Å²) in [6, 6.07) is 13.1. The number of hydrogen-bond donors (Lipinski definition) is 0. The first-order valence-corrected chi connectivity index (χ1v) is 11.1. The average molecular weight is 496 g/mol. The van der Waals surface area contributed by atoms with Crippen LogP contribution in [-0.4, -0.2) is 0 Å². The van der Waals surface area contributed by atoms with Crippen molar-refractivity contribution in [1.82, 2.24) is 0 Å². The number of nitrogens with zero attached hydrogens (tertiary/aromatic N) is 2. The first-order chi connectivity index (χ1) is 14.2. The summed E-state index contributed by atoms with van der Waals surface area (Å²) in [6.45, 7) is 2.92. The summed E-state index contributed by atoms with van der Waals surface area (Å²) >= 11 is 0. The Morgan fingerprint density at radius 2 is 1.13 bits per heavy atom. The molecule has 2 rings (SSSR count). The van der Waals surface area contributed by atoms with Crippen LogP contribution < -0.4 is 8.88 Å². The van der Waals surface area contributed by atoms with Crippen LogP contribution in [0.4, 0.5) is 28.9 Å². The zero-order chi connectivity index (χ0) is 22.3. The van der Waals surface area contributed by atoms with Gasteiger partial charge in [-0.15, -0.1) is 0 Å². The molecular weight excluding hydrogens is 476 g/mol. The molecule has 0 aliphatic rings. The van der Waals surface area contributed by atoms with E-state index < -0.39 is 21.1 Å². The van der Waals surface area contributed by atoms with Gasteiger partial charge in [0.2, 0.25) is 0 Å². The van der Waals surface area contributed by atoms with Crippen molar-refractivity contribution >= 4 is 48.1 Å². The number of halogens is 4. The van der Waals surface area contributed by atoms with E-state index in [0.29, 0.717) is 5.69 Å². The van der Waals surface area contributed by atoms with Crippen molar-refractivity contribution in [3.05, 3.63) is 72.2 Å². The Labute approximate surface area is 181 Å². The molecule has 12 heteroatoms. The summed E-state index contributed by atoms with van der Waals surface area (Å²) in [5.74, 6) is -0.104. The molecule has 0 heterocycles. The summed E-state index contributed by atoms with van der Waals surface area (Å²) in [5, 5.41) is 0. The molecular formula is C18H20F4N2O2P4. The molecule has 30 heavy (non-hydrogen) atoms. The predicted molar refractivity (Wildman–Crippen MR) is 125 cm³/mol. The summed E-state index contributed by atoms with van der Waals surface area (Å²) in [4.78, 5) is 0. The van der Waals surface area contributed by atoms with Gasteiger partial charge in [-0.1, -0.05) is 24.3 Å². The molecule has 4 unspecified atom stereocenters. The normalized spacial score (nSPS) is 12.3. The lowest BCUT2D eigenvalue weighted by Crippen LogP contribution is -1.97. The van der Waals surface area contributed by atoms with Crippen LogP contribution in [0.25, 0.3) is 11.1 Å². The molecule has 2 aromatic rings. The van der Waals surface area contributed by atoms with Crippen LogP contribution in [0, 0.1) is 0 Å². The Bertz CT molecular complexity index is 828. The van der Waals surface area contributed by atoms with Crippen LogP contribution >= 0.6 is 36.7 Å².